The minimum absolute atomic E-state index is 0.0187. The first-order valence-corrected chi connectivity index (χ1v) is 13.4. The van der Waals surface area contributed by atoms with Crippen molar-refractivity contribution in [2.45, 2.75) is 56.8 Å². The van der Waals surface area contributed by atoms with Crippen molar-refractivity contribution in [3.8, 4) is 23.0 Å². The topological polar surface area (TPSA) is 97.3 Å². The highest BCUT2D eigenvalue weighted by molar-refractivity contribution is 5.91. The molecule has 0 spiro atoms. The van der Waals surface area contributed by atoms with Crippen LogP contribution in [0.1, 0.15) is 49.3 Å². The minimum Gasteiger partial charge on any atom is -0.508 e. The number of nitrogens with one attached hydrogen (secondary N) is 1. The number of aromatic hydroxyl groups is 1. The number of carbonyl (C=O) groups is 2. The van der Waals surface area contributed by atoms with Crippen molar-refractivity contribution in [1.29, 1.82) is 0 Å². The lowest BCUT2D eigenvalue weighted by atomic mass is 9.94. The summed E-state index contributed by atoms with van der Waals surface area (Å²) < 4.78 is 17.5. The Morgan fingerprint density at radius 3 is 2.41 bits per heavy atom. The Labute approximate surface area is 228 Å². The maximum absolute atomic E-state index is 14.2. The number of hydrogen-bond acceptors (Lipinski definition) is 6. The third-order valence-electron chi connectivity index (χ3n) is 7.32. The van der Waals surface area contributed by atoms with E-state index in [0.29, 0.717) is 22.8 Å². The molecule has 3 aromatic carbocycles. The Kier molecular flexibility index (Phi) is 8.20. The maximum atomic E-state index is 14.2. The summed E-state index contributed by atoms with van der Waals surface area (Å²) in [6.07, 6.45) is 4.15. The molecule has 1 aliphatic heterocycles. The number of phenolic OH excluding ortho intramolecular Hbond substituents is 1. The Morgan fingerprint density at radius 1 is 0.974 bits per heavy atom. The quantitative estimate of drug-likeness (QED) is 0.436. The molecule has 39 heavy (non-hydrogen) atoms. The fourth-order valence-electron chi connectivity index (χ4n) is 5.30. The molecule has 0 aromatic heterocycles. The van der Waals surface area contributed by atoms with Crippen LogP contribution in [0.4, 0.5) is 0 Å². The van der Waals surface area contributed by atoms with Gasteiger partial charge in [-0.15, -0.1) is 0 Å². The molecule has 2 N–H and O–H groups in total. The zero-order valence-corrected chi connectivity index (χ0v) is 22.0. The van der Waals surface area contributed by atoms with Gasteiger partial charge in [-0.1, -0.05) is 61.7 Å². The van der Waals surface area contributed by atoms with Crippen LogP contribution in [0, 0.1) is 0 Å². The predicted molar refractivity (Wildman–Crippen MR) is 146 cm³/mol. The van der Waals surface area contributed by atoms with Crippen molar-refractivity contribution >= 4 is 11.8 Å². The Morgan fingerprint density at radius 2 is 1.67 bits per heavy atom. The molecule has 1 aliphatic carbocycles. The lowest BCUT2D eigenvalue weighted by Gasteiger charge is -2.36. The monoisotopic (exact) mass is 530 g/mol. The summed E-state index contributed by atoms with van der Waals surface area (Å²) in [5.74, 6) is 1.09. The molecule has 2 amide bonds. The van der Waals surface area contributed by atoms with E-state index < -0.39 is 12.1 Å². The number of hydrogen-bond donors (Lipinski definition) is 2. The van der Waals surface area contributed by atoms with E-state index in [1.807, 2.05) is 36.4 Å². The molecule has 2 aliphatic rings. The van der Waals surface area contributed by atoms with Gasteiger partial charge in [-0.3, -0.25) is 9.59 Å². The molecule has 3 aromatic rings. The molecule has 1 fully saturated rings. The fourth-order valence-corrected chi connectivity index (χ4v) is 5.30. The number of phenols is 1. The highest BCUT2D eigenvalue weighted by Gasteiger charge is 2.39. The standard InChI is InChI=1S/C31H34N2O6/c1-37-25-12-6-5-9-22(25)19-33(31(36)28-20-38-26-13-7-8-14-27(26)39-28)29(21-15-17-24(34)18-16-21)30(35)32-23-10-3-2-4-11-23/h5-9,12-18,23,28-29,34H,2-4,10-11,19-20H2,1H3,(H,32,35). The van der Waals surface area contributed by atoms with Gasteiger partial charge in [-0.25, -0.2) is 0 Å². The molecule has 8 nitrogen and oxygen atoms in total. The van der Waals surface area contributed by atoms with Gasteiger partial charge in [0.2, 0.25) is 12.0 Å². The molecule has 1 heterocycles. The van der Waals surface area contributed by atoms with Gasteiger partial charge in [-0.05, 0) is 48.7 Å². The summed E-state index contributed by atoms with van der Waals surface area (Å²) in [5, 5.41) is 13.2. The van der Waals surface area contributed by atoms with Gasteiger partial charge in [0, 0.05) is 11.6 Å². The minimum atomic E-state index is -0.967. The first kappa shape index (κ1) is 26.4. The van der Waals surface area contributed by atoms with Crippen molar-refractivity contribution in [2.24, 2.45) is 0 Å². The van der Waals surface area contributed by atoms with Gasteiger partial charge in [0.1, 0.15) is 24.1 Å². The molecule has 2 atom stereocenters. The van der Waals surface area contributed by atoms with Crippen LogP contribution in [0.2, 0.25) is 0 Å². The summed E-state index contributed by atoms with van der Waals surface area (Å²) in [6, 6.07) is 20.1. The zero-order valence-electron chi connectivity index (χ0n) is 22.0. The third kappa shape index (κ3) is 6.11. The van der Waals surface area contributed by atoms with E-state index in [-0.39, 0.29) is 36.8 Å². The zero-order chi connectivity index (χ0) is 27.2. The molecule has 204 valence electrons. The Bertz CT molecular complexity index is 1290. The van der Waals surface area contributed by atoms with Crippen LogP contribution in [0.5, 0.6) is 23.0 Å². The summed E-state index contributed by atoms with van der Waals surface area (Å²) in [4.78, 5) is 29.8. The van der Waals surface area contributed by atoms with Crippen molar-refractivity contribution in [3.63, 3.8) is 0 Å². The lowest BCUT2D eigenvalue weighted by Crippen LogP contribution is -2.52. The molecule has 0 saturated heterocycles. The van der Waals surface area contributed by atoms with Crippen LogP contribution in [0.25, 0.3) is 0 Å². The lowest BCUT2D eigenvalue weighted by molar-refractivity contribution is -0.149. The summed E-state index contributed by atoms with van der Waals surface area (Å²) in [6.45, 7) is 0.124. The van der Waals surface area contributed by atoms with E-state index in [9.17, 15) is 14.7 Å². The molecule has 0 radical (unpaired) electrons. The summed E-state index contributed by atoms with van der Waals surface area (Å²) in [5.41, 5.74) is 1.33. The van der Waals surface area contributed by atoms with Crippen molar-refractivity contribution in [2.75, 3.05) is 13.7 Å². The van der Waals surface area contributed by atoms with Gasteiger partial charge in [-0.2, -0.15) is 0 Å². The van der Waals surface area contributed by atoms with Gasteiger partial charge >= 0.3 is 0 Å². The fraction of sp³-hybridized carbons (Fsp3) is 0.355. The van der Waals surface area contributed by atoms with Crippen molar-refractivity contribution in [1.82, 2.24) is 10.2 Å². The summed E-state index contributed by atoms with van der Waals surface area (Å²) in [7, 11) is 1.58. The van der Waals surface area contributed by atoms with E-state index in [1.165, 1.54) is 17.0 Å². The van der Waals surface area contributed by atoms with E-state index in [4.69, 9.17) is 14.2 Å². The molecular formula is C31H34N2O6. The molecule has 0 bridgehead atoms. The molecule has 1 saturated carbocycles. The van der Waals surface area contributed by atoms with Crippen molar-refractivity contribution in [3.05, 3.63) is 83.9 Å². The highest BCUT2D eigenvalue weighted by Crippen LogP contribution is 2.34. The Balaban J connectivity index is 1.52. The van der Waals surface area contributed by atoms with Crippen LogP contribution in [0.3, 0.4) is 0 Å². The number of ether oxygens (including phenoxy) is 3. The molecule has 2 unspecified atom stereocenters. The Hall–Kier alpha value is -4.20. The second kappa shape index (κ2) is 12.1. The van der Waals surface area contributed by atoms with Crippen LogP contribution in [-0.4, -0.2) is 47.7 Å². The average molecular weight is 531 g/mol. The first-order chi connectivity index (χ1) is 19.0. The second-order valence-electron chi connectivity index (χ2n) is 9.98. The van der Waals surface area contributed by atoms with Crippen molar-refractivity contribution < 1.29 is 28.9 Å². The van der Waals surface area contributed by atoms with Crippen LogP contribution in [0.15, 0.2) is 72.8 Å². The van der Waals surface area contributed by atoms with E-state index in [2.05, 4.69) is 5.32 Å². The normalized spacial score (nSPS) is 17.6. The van der Waals surface area contributed by atoms with Gasteiger partial charge in [0.05, 0.1) is 13.7 Å². The second-order valence-corrected chi connectivity index (χ2v) is 9.98. The number of amides is 2. The number of benzene rings is 3. The smallest absolute Gasteiger partial charge is 0.268 e. The molecule has 5 rings (SSSR count). The SMILES string of the molecule is COc1ccccc1CN(C(=O)C1COc2ccccc2O1)C(C(=O)NC1CCCCC1)c1ccc(O)cc1. The average Bonchev–Trinajstić information content (AvgIpc) is 2.98. The number of fused-ring (bicyclic) bond motifs is 1. The van der Waals surface area contributed by atoms with Gasteiger partial charge in [0.15, 0.2) is 11.5 Å². The van der Waals surface area contributed by atoms with E-state index in [1.54, 1.807) is 31.4 Å². The largest absolute Gasteiger partial charge is 0.508 e. The highest BCUT2D eigenvalue weighted by atomic mass is 16.6. The third-order valence-corrected chi connectivity index (χ3v) is 7.32. The maximum Gasteiger partial charge on any atom is 0.268 e. The van der Waals surface area contributed by atoms with Gasteiger partial charge < -0.3 is 29.5 Å². The number of carbonyl (C=O) groups excluding carboxylic acids is 2. The molecule has 8 heteroatoms. The number of para-hydroxylation sites is 3. The summed E-state index contributed by atoms with van der Waals surface area (Å²) >= 11 is 0. The number of rotatable bonds is 8. The van der Waals surface area contributed by atoms with E-state index in [0.717, 1.165) is 37.7 Å². The van der Waals surface area contributed by atoms with Gasteiger partial charge in [0.25, 0.3) is 5.91 Å². The molecular weight excluding hydrogens is 496 g/mol. The first-order valence-electron chi connectivity index (χ1n) is 13.4. The van der Waals surface area contributed by atoms with E-state index >= 15 is 0 Å². The number of nitrogens with zero attached hydrogens (tertiary/aromatic N) is 1. The predicted octanol–water partition coefficient (Wildman–Crippen LogP) is 4.76. The van der Waals surface area contributed by atoms with Crippen LogP contribution >= 0.6 is 0 Å². The van der Waals surface area contributed by atoms with Crippen LogP contribution in [-0.2, 0) is 16.1 Å². The number of methoxy groups -OCH3 is 1. The van der Waals surface area contributed by atoms with Crippen LogP contribution < -0.4 is 19.5 Å².